The molecule has 7 nitrogen and oxygen atoms in total. The van der Waals surface area contributed by atoms with Crippen molar-refractivity contribution in [2.45, 2.75) is 0 Å². The number of imidazole rings is 1. The van der Waals surface area contributed by atoms with Crippen LogP contribution in [0.15, 0.2) is 30.0 Å². The second kappa shape index (κ2) is 7.15. The number of aromatic nitrogens is 2. The van der Waals surface area contributed by atoms with Crippen molar-refractivity contribution in [2.24, 2.45) is 7.05 Å². The molecule has 24 heavy (non-hydrogen) atoms. The lowest BCUT2D eigenvalue weighted by Gasteiger charge is -2.18. The van der Waals surface area contributed by atoms with Gasteiger partial charge in [0.05, 0.1) is 24.1 Å². The number of carbonyl (C=O) groups excluding carboxylic acids is 1. The standard InChI is InChI=1S/C17H21N5O2/c1-20(2)16(24)11-21(3)10-15(23)12(9-18)17-19-13-7-5-6-8-14(13)22(17)4/h5-8,23H,10-11H2,1-4H3/b15-12-. The Morgan fingerprint density at radius 2 is 1.96 bits per heavy atom. The number of amides is 1. The van der Waals surface area contributed by atoms with Gasteiger partial charge in [0.15, 0.2) is 5.82 Å². The molecule has 0 spiro atoms. The summed E-state index contributed by atoms with van der Waals surface area (Å²) in [5.74, 6) is 0.222. The maximum atomic E-state index is 11.7. The zero-order valence-electron chi connectivity index (χ0n) is 14.3. The Kier molecular flexibility index (Phi) is 5.21. The lowest BCUT2D eigenvalue weighted by atomic mass is 10.2. The molecule has 1 heterocycles. The monoisotopic (exact) mass is 327 g/mol. The second-order valence-corrected chi connectivity index (χ2v) is 5.88. The number of nitriles is 1. The number of hydrogen-bond acceptors (Lipinski definition) is 5. The Balaban J connectivity index is 2.31. The SMILES string of the molecule is CN(CC(=O)N(C)C)C/C(O)=C(\C#N)c1nc2ccccc2n1C. The van der Waals surface area contributed by atoms with Crippen molar-refractivity contribution in [3.8, 4) is 6.07 Å². The Morgan fingerprint density at radius 1 is 1.29 bits per heavy atom. The van der Waals surface area contributed by atoms with Crippen molar-refractivity contribution in [1.29, 1.82) is 5.26 Å². The highest BCUT2D eigenvalue weighted by Crippen LogP contribution is 2.21. The van der Waals surface area contributed by atoms with Gasteiger partial charge in [-0.3, -0.25) is 9.69 Å². The minimum absolute atomic E-state index is 0.0773. The van der Waals surface area contributed by atoms with Gasteiger partial charge in [-0.25, -0.2) is 4.98 Å². The van der Waals surface area contributed by atoms with Gasteiger partial charge in [0.1, 0.15) is 17.4 Å². The Labute approximate surface area is 141 Å². The van der Waals surface area contributed by atoms with E-state index in [2.05, 4.69) is 4.98 Å². The summed E-state index contributed by atoms with van der Waals surface area (Å²) in [6.45, 7) is 0.240. The van der Waals surface area contributed by atoms with Crippen molar-refractivity contribution >= 4 is 22.5 Å². The van der Waals surface area contributed by atoms with Crippen LogP contribution < -0.4 is 0 Å². The maximum absolute atomic E-state index is 11.7. The summed E-state index contributed by atoms with van der Waals surface area (Å²) < 4.78 is 1.77. The van der Waals surface area contributed by atoms with Gasteiger partial charge in [0.2, 0.25) is 5.91 Å². The summed E-state index contributed by atoms with van der Waals surface area (Å²) >= 11 is 0. The normalized spacial score (nSPS) is 12.2. The molecule has 0 fully saturated rings. The molecule has 1 aromatic carbocycles. The third-order valence-electron chi connectivity index (χ3n) is 3.73. The van der Waals surface area contributed by atoms with E-state index in [0.29, 0.717) is 5.82 Å². The average molecular weight is 327 g/mol. The molecule has 0 bridgehead atoms. The number of carbonyl (C=O) groups is 1. The van der Waals surface area contributed by atoms with E-state index in [1.807, 2.05) is 30.3 Å². The summed E-state index contributed by atoms with van der Waals surface area (Å²) in [7, 11) is 6.86. The number of fused-ring (bicyclic) bond motifs is 1. The third kappa shape index (κ3) is 3.55. The first-order valence-electron chi connectivity index (χ1n) is 7.48. The highest BCUT2D eigenvalue weighted by atomic mass is 16.3. The molecule has 0 radical (unpaired) electrons. The number of nitrogens with zero attached hydrogens (tertiary/aromatic N) is 5. The molecule has 0 saturated heterocycles. The molecule has 1 N–H and O–H groups in total. The molecule has 0 aliphatic rings. The lowest BCUT2D eigenvalue weighted by Crippen LogP contribution is -2.35. The van der Waals surface area contributed by atoms with Crippen molar-refractivity contribution in [3.05, 3.63) is 35.8 Å². The van der Waals surface area contributed by atoms with Crippen LogP contribution in [0.5, 0.6) is 0 Å². The van der Waals surface area contributed by atoms with E-state index in [-0.39, 0.29) is 30.3 Å². The molecule has 0 unspecified atom stereocenters. The van der Waals surface area contributed by atoms with Gasteiger partial charge in [0.25, 0.3) is 0 Å². The highest BCUT2D eigenvalue weighted by molar-refractivity contribution is 5.84. The van der Waals surface area contributed by atoms with Crippen molar-refractivity contribution in [2.75, 3.05) is 34.2 Å². The van der Waals surface area contributed by atoms with Crippen LogP contribution in [-0.2, 0) is 11.8 Å². The van der Waals surface area contributed by atoms with Crippen LogP contribution in [0.4, 0.5) is 0 Å². The molecule has 0 aliphatic carbocycles. The molecule has 126 valence electrons. The van der Waals surface area contributed by atoms with Gasteiger partial charge in [-0.2, -0.15) is 5.26 Å². The van der Waals surface area contributed by atoms with E-state index in [4.69, 9.17) is 0 Å². The largest absolute Gasteiger partial charge is 0.509 e. The van der Waals surface area contributed by atoms with Crippen LogP contribution >= 0.6 is 0 Å². The molecule has 2 aromatic rings. The van der Waals surface area contributed by atoms with Gasteiger partial charge in [-0.1, -0.05) is 12.1 Å². The summed E-state index contributed by atoms with van der Waals surface area (Å²) in [4.78, 5) is 19.3. The van der Waals surface area contributed by atoms with Gasteiger partial charge in [-0.05, 0) is 19.2 Å². The summed E-state index contributed by atoms with van der Waals surface area (Å²) in [5, 5.41) is 19.8. The van der Waals surface area contributed by atoms with Crippen LogP contribution in [0.2, 0.25) is 0 Å². The molecule has 7 heteroatoms. The average Bonchev–Trinajstić information content (AvgIpc) is 2.85. The Bertz CT molecular complexity index is 829. The molecule has 2 rings (SSSR count). The number of aliphatic hydroxyl groups excluding tert-OH is 1. The zero-order chi connectivity index (χ0) is 17.9. The first-order valence-corrected chi connectivity index (χ1v) is 7.48. The fourth-order valence-electron chi connectivity index (χ4n) is 2.38. The molecule has 0 saturated carbocycles. The second-order valence-electron chi connectivity index (χ2n) is 5.88. The van der Waals surface area contributed by atoms with Gasteiger partial charge in [-0.15, -0.1) is 0 Å². The van der Waals surface area contributed by atoms with Gasteiger partial charge < -0.3 is 14.6 Å². The van der Waals surface area contributed by atoms with Gasteiger partial charge in [0, 0.05) is 21.1 Å². The number of aryl methyl sites for hydroxylation is 1. The predicted molar refractivity (Wildman–Crippen MR) is 92.1 cm³/mol. The Hall–Kier alpha value is -2.85. The number of para-hydroxylation sites is 2. The highest BCUT2D eigenvalue weighted by Gasteiger charge is 2.18. The summed E-state index contributed by atoms with van der Waals surface area (Å²) in [6.07, 6.45) is 0. The zero-order valence-corrected chi connectivity index (χ0v) is 14.3. The van der Waals surface area contributed by atoms with Crippen LogP contribution in [0.25, 0.3) is 16.6 Å². The minimum atomic E-state index is -0.107. The first kappa shape index (κ1) is 17.5. The van der Waals surface area contributed by atoms with E-state index in [1.54, 1.807) is 37.7 Å². The van der Waals surface area contributed by atoms with Crippen molar-refractivity contribution in [1.82, 2.24) is 19.4 Å². The quantitative estimate of drug-likeness (QED) is 0.662. The predicted octanol–water partition coefficient (Wildman–Crippen LogP) is 1.39. The smallest absolute Gasteiger partial charge is 0.236 e. The van der Waals surface area contributed by atoms with Crippen LogP contribution in [0, 0.1) is 11.3 Å². The molecular formula is C17H21N5O2. The van der Waals surface area contributed by atoms with Gasteiger partial charge >= 0.3 is 0 Å². The third-order valence-corrected chi connectivity index (χ3v) is 3.73. The van der Waals surface area contributed by atoms with E-state index >= 15 is 0 Å². The lowest BCUT2D eigenvalue weighted by molar-refractivity contribution is -0.129. The summed E-state index contributed by atoms with van der Waals surface area (Å²) in [5.41, 5.74) is 1.74. The van der Waals surface area contributed by atoms with E-state index in [1.165, 1.54) is 4.90 Å². The maximum Gasteiger partial charge on any atom is 0.236 e. The van der Waals surface area contributed by atoms with E-state index in [9.17, 15) is 15.2 Å². The minimum Gasteiger partial charge on any atom is -0.509 e. The van der Waals surface area contributed by atoms with E-state index < -0.39 is 0 Å². The molecule has 1 amide bonds. The number of likely N-dealkylation sites (N-methyl/N-ethyl adjacent to an activating group) is 2. The number of allylic oxidation sites excluding steroid dienone is 1. The Morgan fingerprint density at radius 3 is 2.54 bits per heavy atom. The fraction of sp³-hybridized carbons (Fsp3) is 0.353. The molecular weight excluding hydrogens is 306 g/mol. The molecule has 1 aromatic heterocycles. The first-order chi connectivity index (χ1) is 11.3. The van der Waals surface area contributed by atoms with E-state index in [0.717, 1.165) is 11.0 Å². The van der Waals surface area contributed by atoms with Crippen LogP contribution in [-0.4, -0.2) is 64.6 Å². The molecule has 0 aliphatic heterocycles. The van der Waals surface area contributed by atoms with Crippen LogP contribution in [0.3, 0.4) is 0 Å². The molecule has 0 atom stereocenters. The number of benzene rings is 1. The number of hydrogen-bond donors (Lipinski definition) is 1. The van der Waals surface area contributed by atoms with Crippen molar-refractivity contribution < 1.29 is 9.90 Å². The number of aliphatic hydroxyl groups is 1. The fourth-order valence-corrected chi connectivity index (χ4v) is 2.38. The van der Waals surface area contributed by atoms with Crippen LogP contribution in [0.1, 0.15) is 5.82 Å². The summed E-state index contributed by atoms with van der Waals surface area (Å²) in [6, 6.07) is 9.55. The van der Waals surface area contributed by atoms with Crippen molar-refractivity contribution in [3.63, 3.8) is 0 Å². The topological polar surface area (TPSA) is 85.4 Å². The number of rotatable bonds is 5.